The molecular weight excluding hydrogens is 348 g/mol. The van der Waals surface area contributed by atoms with Crippen LogP contribution in [0.4, 0.5) is 11.4 Å². The van der Waals surface area contributed by atoms with Gasteiger partial charge in [-0.05, 0) is 37.3 Å². The molecular formula is C12H12BrClN4S. The Morgan fingerprint density at radius 2 is 2.05 bits per heavy atom. The standard InChI is InChI=1S/C12H12BrClN4S/c1-7-11(6-18(2)17-7)16-12(19)15-10-4-3-8(13)5-9(10)14/h3-6H,1-2H3,(H2,15,16,19). The fourth-order valence-corrected chi connectivity index (χ4v) is 2.53. The van der Waals surface area contributed by atoms with E-state index in [0.29, 0.717) is 10.1 Å². The van der Waals surface area contributed by atoms with Crippen molar-refractivity contribution in [2.75, 3.05) is 10.6 Å². The first-order valence-electron chi connectivity index (χ1n) is 5.49. The van der Waals surface area contributed by atoms with Gasteiger partial charge in [0.25, 0.3) is 0 Å². The molecule has 0 aliphatic carbocycles. The van der Waals surface area contributed by atoms with Gasteiger partial charge in [-0.25, -0.2) is 0 Å². The number of hydrogen-bond donors (Lipinski definition) is 2. The van der Waals surface area contributed by atoms with Crippen molar-refractivity contribution in [3.05, 3.63) is 39.6 Å². The second-order valence-electron chi connectivity index (χ2n) is 4.01. The number of nitrogens with one attached hydrogen (secondary N) is 2. The number of aryl methyl sites for hydroxylation is 2. The molecule has 0 unspecified atom stereocenters. The van der Waals surface area contributed by atoms with E-state index in [2.05, 4.69) is 31.7 Å². The van der Waals surface area contributed by atoms with Crippen LogP contribution in [0.3, 0.4) is 0 Å². The highest BCUT2D eigenvalue weighted by Gasteiger charge is 2.07. The molecule has 2 N–H and O–H groups in total. The Labute approximate surface area is 130 Å². The van der Waals surface area contributed by atoms with Gasteiger partial charge >= 0.3 is 0 Å². The fourth-order valence-electron chi connectivity index (χ4n) is 1.59. The van der Waals surface area contributed by atoms with Gasteiger partial charge in [-0.2, -0.15) is 5.10 Å². The smallest absolute Gasteiger partial charge is 0.175 e. The molecule has 0 aliphatic rings. The molecule has 0 bridgehead atoms. The molecule has 0 spiro atoms. The van der Waals surface area contributed by atoms with Gasteiger partial charge in [0.15, 0.2) is 5.11 Å². The molecule has 7 heteroatoms. The third kappa shape index (κ3) is 3.68. The summed E-state index contributed by atoms with van der Waals surface area (Å²) >= 11 is 14.7. The largest absolute Gasteiger partial charge is 0.331 e. The van der Waals surface area contributed by atoms with Crippen LogP contribution in [0.15, 0.2) is 28.9 Å². The van der Waals surface area contributed by atoms with E-state index in [1.54, 1.807) is 4.68 Å². The van der Waals surface area contributed by atoms with Crippen molar-refractivity contribution >= 4 is 56.2 Å². The molecule has 1 heterocycles. The van der Waals surface area contributed by atoms with Crippen molar-refractivity contribution in [1.82, 2.24) is 9.78 Å². The molecule has 2 rings (SSSR count). The van der Waals surface area contributed by atoms with E-state index in [4.69, 9.17) is 23.8 Å². The van der Waals surface area contributed by atoms with Crippen LogP contribution >= 0.6 is 39.7 Å². The SMILES string of the molecule is Cc1nn(C)cc1NC(=S)Nc1ccc(Br)cc1Cl. The van der Waals surface area contributed by atoms with E-state index in [-0.39, 0.29) is 0 Å². The summed E-state index contributed by atoms with van der Waals surface area (Å²) in [5, 5.41) is 11.4. The summed E-state index contributed by atoms with van der Waals surface area (Å²) in [5.74, 6) is 0. The van der Waals surface area contributed by atoms with Crippen molar-refractivity contribution in [3.8, 4) is 0 Å². The Balaban J connectivity index is 2.07. The van der Waals surface area contributed by atoms with Crippen molar-refractivity contribution in [1.29, 1.82) is 0 Å². The quantitative estimate of drug-likeness (QED) is 0.797. The van der Waals surface area contributed by atoms with Crippen LogP contribution in [-0.4, -0.2) is 14.9 Å². The lowest BCUT2D eigenvalue weighted by Gasteiger charge is -2.11. The first-order valence-corrected chi connectivity index (χ1v) is 7.07. The van der Waals surface area contributed by atoms with Crippen LogP contribution in [0.5, 0.6) is 0 Å². The zero-order valence-corrected chi connectivity index (χ0v) is 13.5. The van der Waals surface area contributed by atoms with E-state index < -0.39 is 0 Å². The Kier molecular flexibility index (Phi) is 4.44. The zero-order valence-electron chi connectivity index (χ0n) is 10.4. The van der Waals surface area contributed by atoms with Gasteiger partial charge in [0.05, 0.1) is 22.1 Å². The lowest BCUT2D eigenvalue weighted by molar-refractivity contribution is 0.756. The Bertz CT molecular complexity index is 626. The maximum atomic E-state index is 6.12. The summed E-state index contributed by atoms with van der Waals surface area (Å²) in [7, 11) is 1.86. The van der Waals surface area contributed by atoms with Crippen LogP contribution in [0.25, 0.3) is 0 Å². The van der Waals surface area contributed by atoms with E-state index in [1.807, 2.05) is 38.4 Å². The maximum Gasteiger partial charge on any atom is 0.175 e. The minimum atomic E-state index is 0.473. The highest BCUT2D eigenvalue weighted by atomic mass is 79.9. The molecule has 0 amide bonds. The second-order valence-corrected chi connectivity index (χ2v) is 5.74. The van der Waals surface area contributed by atoms with E-state index in [9.17, 15) is 0 Å². The van der Waals surface area contributed by atoms with Gasteiger partial charge in [0, 0.05) is 17.7 Å². The maximum absolute atomic E-state index is 6.12. The number of anilines is 2. The molecule has 1 aromatic heterocycles. The number of hydrogen-bond acceptors (Lipinski definition) is 2. The van der Waals surface area contributed by atoms with Crippen molar-refractivity contribution in [3.63, 3.8) is 0 Å². The van der Waals surface area contributed by atoms with Crippen molar-refractivity contribution in [2.45, 2.75) is 6.92 Å². The summed E-state index contributed by atoms with van der Waals surface area (Å²) in [6.45, 7) is 1.91. The lowest BCUT2D eigenvalue weighted by atomic mass is 10.3. The zero-order chi connectivity index (χ0) is 14.0. The lowest BCUT2D eigenvalue weighted by Crippen LogP contribution is -2.19. The molecule has 19 heavy (non-hydrogen) atoms. The second kappa shape index (κ2) is 5.90. The van der Waals surface area contributed by atoms with E-state index in [0.717, 1.165) is 21.5 Å². The van der Waals surface area contributed by atoms with Gasteiger partial charge in [-0.3, -0.25) is 4.68 Å². The van der Waals surface area contributed by atoms with Gasteiger partial charge in [0.2, 0.25) is 0 Å². The number of thiocarbonyl (C=S) groups is 1. The average molecular weight is 360 g/mol. The topological polar surface area (TPSA) is 41.9 Å². The minimum absolute atomic E-state index is 0.473. The summed E-state index contributed by atoms with van der Waals surface area (Å²) in [4.78, 5) is 0. The number of benzene rings is 1. The van der Waals surface area contributed by atoms with Gasteiger partial charge in [-0.1, -0.05) is 27.5 Å². The highest BCUT2D eigenvalue weighted by molar-refractivity contribution is 9.10. The molecule has 0 atom stereocenters. The number of rotatable bonds is 2. The predicted molar refractivity (Wildman–Crippen MR) is 86.9 cm³/mol. The van der Waals surface area contributed by atoms with Crippen LogP contribution in [0.2, 0.25) is 5.02 Å². The van der Waals surface area contributed by atoms with Crippen LogP contribution in [0.1, 0.15) is 5.69 Å². The average Bonchev–Trinajstić information content (AvgIpc) is 2.61. The molecule has 0 aliphatic heterocycles. The number of aromatic nitrogens is 2. The monoisotopic (exact) mass is 358 g/mol. The van der Waals surface area contributed by atoms with Crippen LogP contribution in [0, 0.1) is 6.92 Å². The van der Waals surface area contributed by atoms with E-state index >= 15 is 0 Å². The summed E-state index contributed by atoms with van der Waals surface area (Å²) < 4.78 is 2.65. The Morgan fingerprint density at radius 1 is 1.37 bits per heavy atom. The van der Waals surface area contributed by atoms with Gasteiger partial charge < -0.3 is 10.6 Å². The molecule has 2 aromatic rings. The number of nitrogens with zero attached hydrogens (tertiary/aromatic N) is 2. The van der Waals surface area contributed by atoms with Gasteiger partial charge in [-0.15, -0.1) is 0 Å². The highest BCUT2D eigenvalue weighted by Crippen LogP contribution is 2.25. The van der Waals surface area contributed by atoms with Crippen LogP contribution in [-0.2, 0) is 7.05 Å². The number of halogens is 2. The normalized spacial score (nSPS) is 10.3. The fraction of sp³-hybridized carbons (Fsp3) is 0.167. The third-order valence-electron chi connectivity index (χ3n) is 2.44. The summed E-state index contributed by atoms with van der Waals surface area (Å²) in [6, 6.07) is 5.56. The molecule has 1 aromatic carbocycles. The Hall–Kier alpha value is -1.11. The molecule has 0 saturated carbocycles. The van der Waals surface area contributed by atoms with E-state index in [1.165, 1.54) is 0 Å². The molecule has 4 nitrogen and oxygen atoms in total. The molecule has 0 radical (unpaired) electrons. The predicted octanol–water partition coefficient (Wildman–Crippen LogP) is 3.95. The molecule has 100 valence electrons. The van der Waals surface area contributed by atoms with Gasteiger partial charge in [0.1, 0.15) is 0 Å². The van der Waals surface area contributed by atoms with Crippen molar-refractivity contribution < 1.29 is 0 Å². The Morgan fingerprint density at radius 3 is 2.63 bits per heavy atom. The van der Waals surface area contributed by atoms with Crippen molar-refractivity contribution in [2.24, 2.45) is 7.05 Å². The summed E-state index contributed by atoms with van der Waals surface area (Å²) in [6.07, 6.45) is 1.87. The molecule has 0 saturated heterocycles. The first-order chi connectivity index (χ1) is 8.95. The first kappa shape index (κ1) is 14.3. The van der Waals surface area contributed by atoms with Crippen LogP contribution < -0.4 is 10.6 Å². The summed E-state index contributed by atoms with van der Waals surface area (Å²) in [5.41, 5.74) is 2.51. The minimum Gasteiger partial charge on any atom is -0.331 e. The third-order valence-corrected chi connectivity index (χ3v) is 3.45. The molecule has 0 fully saturated rings.